The maximum Gasteiger partial charge on any atom is 0.522 e. The van der Waals surface area contributed by atoms with Gasteiger partial charge in [0.25, 0.3) is 0 Å². The summed E-state index contributed by atoms with van der Waals surface area (Å²) in [6.45, 7) is 2.52. The van der Waals surface area contributed by atoms with E-state index in [2.05, 4.69) is 9.89 Å². The van der Waals surface area contributed by atoms with Gasteiger partial charge in [0.1, 0.15) is 5.84 Å². The van der Waals surface area contributed by atoms with Crippen molar-refractivity contribution in [1.29, 1.82) is 0 Å². The summed E-state index contributed by atoms with van der Waals surface area (Å²) in [6, 6.07) is 0. The molecule has 96 valence electrons. The number of rotatable bonds is 7. The van der Waals surface area contributed by atoms with Crippen LogP contribution in [0.25, 0.3) is 0 Å². The molecule has 0 aliphatic rings. The van der Waals surface area contributed by atoms with Gasteiger partial charge in [-0.15, -0.1) is 13.2 Å². The number of hydrogen-bond donors (Lipinski definition) is 2. The third-order valence-corrected chi connectivity index (χ3v) is 1.93. The maximum absolute atomic E-state index is 11.7. The number of oxime groups is 1. The second kappa shape index (κ2) is 7.29. The van der Waals surface area contributed by atoms with Crippen molar-refractivity contribution < 1.29 is 23.1 Å². The van der Waals surface area contributed by atoms with Crippen molar-refractivity contribution >= 4 is 5.84 Å². The largest absolute Gasteiger partial charge is 0.522 e. The summed E-state index contributed by atoms with van der Waals surface area (Å²) in [6.07, 6.45) is -4.29. The predicted octanol–water partition coefficient (Wildman–Crippen LogP) is 0.981. The molecule has 0 bridgehead atoms. The van der Waals surface area contributed by atoms with E-state index in [1.165, 1.54) is 0 Å². The van der Waals surface area contributed by atoms with Gasteiger partial charge in [0.15, 0.2) is 0 Å². The first-order chi connectivity index (χ1) is 7.39. The van der Waals surface area contributed by atoms with Crippen LogP contribution in [0.15, 0.2) is 5.16 Å². The van der Waals surface area contributed by atoms with Gasteiger partial charge in [-0.1, -0.05) is 12.1 Å². The van der Waals surface area contributed by atoms with Crippen LogP contribution in [0.2, 0.25) is 0 Å². The highest BCUT2D eigenvalue weighted by molar-refractivity contribution is 5.79. The quantitative estimate of drug-likeness (QED) is 0.302. The lowest BCUT2D eigenvalue weighted by Crippen LogP contribution is -2.32. The highest BCUT2D eigenvalue weighted by atomic mass is 19.4. The first-order valence-electron chi connectivity index (χ1n) is 4.78. The second-order valence-corrected chi connectivity index (χ2v) is 3.07. The number of hydrogen-bond acceptors (Lipinski definition) is 4. The van der Waals surface area contributed by atoms with Crippen molar-refractivity contribution in [3.05, 3.63) is 0 Å². The summed E-state index contributed by atoms with van der Waals surface area (Å²) >= 11 is 0. The summed E-state index contributed by atoms with van der Waals surface area (Å²) in [5.74, 6) is 0.0511. The van der Waals surface area contributed by atoms with Crippen LogP contribution in [0.3, 0.4) is 0 Å². The molecule has 3 N–H and O–H groups in total. The summed E-state index contributed by atoms with van der Waals surface area (Å²) in [5.41, 5.74) is 5.24. The molecule has 0 amide bonds. The van der Waals surface area contributed by atoms with Gasteiger partial charge >= 0.3 is 6.36 Å². The van der Waals surface area contributed by atoms with Crippen LogP contribution >= 0.6 is 0 Å². The molecule has 0 saturated carbocycles. The summed E-state index contributed by atoms with van der Waals surface area (Å²) in [4.78, 5) is 1.71. The Morgan fingerprint density at radius 3 is 2.50 bits per heavy atom. The summed E-state index contributed by atoms with van der Waals surface area (Å²) in [5, 5.41) is 11.0. The minimum Gasteiger partial charge on any atom is -0.409 e. The molecule has 0 aliphatic heterocycles. The zero-order valence-corrected chi connectivity index (χ0v) is 9.00. The first-order valence-corrected chi connectivity index (χ1v) is 4.78. The SMILES string of the molecule is CCN(CCOC(F)(F)F)CCC(N)=NO. The third kappa shape index (κ3) is 8.30. The fraction of sp³-hybridized carbons (Fsp3) is 0.875. The molecule has 8 heteroatoms. The molecule has 16 heavy (non-hydrogen) atoms. The zero-order valence-electron chi connectivity index (χ0n) is 9.00. The van der Waals surface area contributed by atoms with Crippen molar-refractivity contribution in [3.63, 3.8) is 0 Å². The van der Waals surface area contributed by atoms with Crippen LogP contribution in [0, 0.1) is 0 Å². The van der Waals surface area contributed by atoms with E-state index in [9.17, 15) is 13.2 Å². The normalized spacial score (nSPS) is 13.4. The van der Waals surface area contributed by atoms with Gasteiger partial charge in [0.2, 0.25) is 0 Å². The lowest BCUT2D eigenvalue weighted by atomic mass is 10.3. The van der Waals surface area contributed by atoms with E-state index in [4.69, 9.17) is 10.9 Å². The van der Waals surface area contributed by atoms with Crippen molar-refractivity contribution in [1.82, 2.24) is 4.90 Å². The molecule has 0 radical (unpaired) electrons. The van der Waals surface area contributed by atoms with E-state index in [-0.39, 0.29) is 12.4 Å². The number of nitrogens with two attached hydrogens (primary N) is 1. The van der Waals surface area contributed by atoms with Gasteiger partial charge in [-0.3, -0.25) is 4.74 Å². The smallest absolute Gasteiger partial charge is 0.409 e. The van der Waals surface area contributed by atoms with Crippen LogP contribution in [0.4, 0.5) is 13.2 Å². The fourth-order valence-corrected chi connectivity index (χ4v) is 1.04. The average Bonchev–Trinajstić information content (AvgIpc) is 2.20. The predicted molar refractivity (Wildman–Crippen MR) is 52.1 cm³/mol. The molecule has 0 aromatic carbocycles. The third-order valence-electron chi connectivity index (χ3n) is 1.93. The molecule has 5 nitrogen and oxygen atoms in total. The molecule has 0 atom stereocenters. The Labute approximate surface area is 91.6 Å². The van der Waals surface area contributed by atoms with Gasteiger partial charge in [-0.2, -0.15) is 0 Å². The Kier molecular flexibility index (Phi) is 6.82. The molecule has 0 spiro atoms. The first kappa shape index (κ1) is 15.0. The summed E-state index contributed by atoms with van der Waals surface area (Å²) < 4.78 is 38.6. The monoisotopic (exact) mass is 243 g/mol. The molecule has 0 aromatic heterocycles. The second-order valence-electron chi connectivity index (χ2n) is 3.07. The lowest BCUT2D eigenvalue weighted by Gasteiger charge is -2.20. The summed E-state index contributed by atoms with van der Waals surface area (Å²) in [7, 11) is 0. The Balaban J connectivity index is 3.76. The van der Waals surface area contributed by atoms with Gasteiger partial charge in [0.05, 0.1) is 6.61 Å². The average molecular weight is 243 g/mol. The van der Waals surface area contributed by atoms with Gasteiger partial charge in [-0.25, -0.2) is 0 Å². The van der Waals surface area contributed by atoms with Gasteiger partial charge in [0, 0.05) is 19.5 Å². The number of likely N-dealkylation sites (N-methyl/N-ethyl adjacent to an activating group) is 1. The minimum absolute atomic E-state index is 0.0511. The molecule has 0 fully saturated rings. The van der Waals surface area contributed by atoms with E-state index in [0.29, 0.717) is 19.5 Å². The number of alkyl halides is 3. The Hall–Kier alpha value is -1.02. The maximum atomic E-state index is 11.7. The number of ether oxygens (including phenoxy) is 1. The van der Waals surface area contributed by atoms with Crippen LogP contribution in [0.1, 0.15) is 13.3 Å². The molecular formula is C8H16F3N3O2. The van der Waals surface area contributed by atoms with Gasteiger partial charge in [-0.05, 0) is 6.54 Å². The molecule has 0 saturated heterocycles. The standard InChI is InChI=1S/C8H16F3N3O2/c1-2-14(4-3-7(12)13-15)5-6-16-8(9,10)11/h15H,2-6H2,1H3,(H2,12,13). The highest BCUT2D eigenvalue weighted by Gasteiger charge is 2.28. The van der Waals surface area contributed by atoms with E-state index < -0.39 is 13.0 Å². The Bertz CT molecular complexity index is 221. The van der Waals surface area contributed by atoms with E-state index in [0.717, 1.165) is 0 Å². The molecule has 0 aromatic rings. The number of nitrogens with zero attached hydrogens (tertiary/aromatic N) is 2. The topological polar surface area (TPSA) is 71.1 Å². The molecule has 0 rings (SSSR count). The molecular weight excluding hydrogens is 227 g/mol. The fourth-order valence-electron chi connectivity index (χ4n) is 1.04. The lowest BCUT2D eigenvalue weighted by molar-refractivity contribution is -0.325. The Morgan fingerprint density at radius 1 is 1.44 bits per heavy atom. The van der Waals surface area contributed by atoms with Crippen LogP contribution in [-0.4, -0.2) is 48.5 Å². The molecule has 0 aliphatic carbocycles. The Morgan fingerprint density at radius 2 is 2.06 bits per heavy atom. The van der Waals surface area contributed by atoms with E-state index >= 15 is 0 Å². The molecule has 0 unspecified atom stereocenters. The molecule has 0 heterocycles. The van der Waals surface area contributed by atoms with Gasteiger partial charge < -0.3 is 15.8 Å². The zero-order chi connectivity index (χ0) is 12.6. The van der Waals surface area contributed by atoms with Crippen LogP contribution in [-0.2, 0) is 4.74 Å². The van der Waals surface area contributed by atoms with Crippen molar-refractivity contribution in [2.75, 3.05) is 26.2 Å². The highest BCUT2D eigenvalue weighted by Crippen LogP contribution is 2.15. The van der Waals surface area contributed by atoms with E-state index in [1.54, 1.807) is 11.8 Å². The number of amidine groups is 1. The van der Waals surface area contributed by atoms with Crippen LogP contribution < -0.4 is 5.73 Å². The number of halogens is 3. The van der Waals surface area contributed by atoms with Crippen molar-refractivity contribution in [2.45, 2.75) is 19.7 Å². The van der Waals surface area contributed by atoms with Crippen LogP contribution in [0.5, 0.6) is 0 Å². The van der Waals surface area contributed by atoms with E-state index in [1.807, 2.05) is 0 Å². The minimum atomic E-state index is -4.59. The van der Waals surface area contributed by atoms with Crippen molar-refractivity contribution in [3.8, 4) is 0 Å². The van der Waals surface area contributed by atoms with Crippen molar-refractivity contribution in [2.24, 2.45) is 10.9 Å².